The number of ether oxygens (including phenoxy) is 1. The highest BCUT2D eigenvalue weighted by Crippen LogP contribution is 2.29. The fourth-order valence-corrected chi connectivity index (χ4v) is 2.35. The molecular weight excluding hydrogens is 294 g/mol. The zero-order valence-corrected chi connectivity index (χ0v) is 12.8. The van der Waals surface area contributed by atoms with Gasteiger partial charge in [0.15, 0.2) is 0 Å². The maximum atomic E-state index is 10.1. The van der Waals surface area contributed by atoms with E-state index in [1.165, 1.54) is 0 Å². The van der Waals surface area contributed by atoms with E-state index in [2.05, 4.69) is 29.8 Å². The number of aliphatic hydroxyl groups is 1. The molecule has 0 bridgehead atoms. The van der Waals surface area contributed by atoms with Crippen LogP contribution in [-0.4, -0.2) is 18.3 Å². The minimum absolute atomic E-state index is 0.356. The van der Waals surface area contributed by atoms with Gasteiger partial charge in [0.2, 0.25) is 0 Å². The minimum Gasteiger partial charge on any atom is -0.496 e. The van der Waals surface area contributed by atoms with Crippen molar-refractivity contribution in [3.63, 3.8) is 0 Å². The summed E-state index contributed by atoms with van der Waals surface area (Å²) in [5, 5.41) is 10.1. The molecule has 0 aliphatic rings. The molecule has 0 aliphatic heterocycles. The predicted octanol–water partition coefficient (Wildman–Crippen LogP) is 3.25. The van der Waals surface area contributed by atoms with Crippen LogP contribution in [0.5, 0.6) is 5.75 Å². The Morgan fingerprint density at radius 3 is 2.50 bits per heavy atom. The van der Waals surface area contributed by atoms with E-state index in [0.29, 0.717) is 5.92 Å². The summed E-state index contributed by atoms with van der Waals surface area (Å²) in [5.74, 6) is 1.34. The molecule has 4 heteroatoms. The molecule has 0 unspecified atom stereocenters. The van der Waals surface area contributed by atoms with E-state index >= 15 is 0 Å². The number of rotatable bonds is 6. The van der Waals surface area contributed by atoms with Gasteiger partial charge >= 0.3 is 0 Å². The number of hydrogen-bond acceptors (Lipinski definition) is 3. The maximum absolute atomic E-state index is 10.1. The second-order valence-corrected chi connectivity index (χ2v) is 5.81. The molecule has 1 rings (SSSR count). The van der Waals surface area contributed by atoms with Crippen molar-refractivity contribution in [1.29, 1.82) is 0 Å². The molecule has 0 spiro atoms. The Labute approximate surface area is 117 Å². The molecule has 1 aromatic carbocycles. The first-order chi connectivity index (χ1) is 8.45. The summed E-state index contributed by atoms with van der Waals surface area (Å²) in [6.07, 6.45) is 1.20. The van der Waals surface area contributed by atoms with Crippen molar-refractivity contribution in [3.05, 3.63) is 28.2 Å². The average molecular weight is 316 g/mol. The molecule has 0 aromatic heterocycles. The Morgan fingerprint density at radius 1 is 1.33 bits per heavy atom. The number of halogens is 1. The van der Waals surface area contributed by atoms with Gasteiger partial charge in [-0.15, -0.1) is 0 Å². The van der Waals surface area contributed by atoms with Gasteiger partial charge in [-0.1, -0.05) is 19.9 Å². The van der Waals surface area contributed by atoms with Gasteiger partial charge in [0, 0.05) is 0 Å². The molecular formula is C14H22BrNO2. The number of benzene rings is 1. The van der Waals surface area contributed by atoms with E-state index < -0.39 is 6.10 Å². The highest BCUT2D eigenvalue weighted by Gasteiger charge is 2.18. The zero-order valence-electron chi connectivity index (χ0n) is 11.2. The van der Waals surface area contributed by atoms with Crippen molar-refractivity contribution in [2.75, 3.05) is 7.11 Å². The molecule has 0 heterocycles. The number of methoxy groups -OCH3 is 1. The summed E-state index contributed by atoms with van der Waals surface area (Å²) in [6.45, 7) is 4.28. The minimum atomic E-state index is -0.507. The van der Waals surface area contributed by atoms with Crippen LogP contribution >= 0.6 is 15.9 Å². The number of nitrogens with two attached hydrogens (primary N) is 1. The third-order valence-corrected chi connectivity index (χ3v) is 3.63. The lowest BCUT2D eigenvalue weighted by Crippen LogP contribution is -2.26. The zero-order chi connectivity index (χ0) is 13.7. The second-order valence-electron chi connectivity index (χ2n) is 4.96. The van der Waals surface area contributed by atoms with Gasteiger partial charge in [-0.2, -0.15) is 0 Å². The molecule has 3 N–H and O–H groups in total. The molecule has 0 saturated heterocycles. The monoisotopic (exact) mass is 315 g/mol. The normalized spacial score (nSPS) is 14.6. The molecule has 3 nitrogen and oxygen atoms in total. The average Bonchev–Trinajstić information content (AvgIpc) is 2.34. The van der Waals surface area contributed by atoms with Gasteiger partial charge in [0.1, 0.15) is 5.75 Å². The lowest BCUT2D eigenvalue weighted by atomic mass is 9.96. The third-order valence-electron chi connectivity index (χ3n) is 3.02. The van der Waals surface area contributed by atoms with Gasteiger partial charge in [0.25, 0.3) is 0 Å². The highest BCUT2D eigenvalue weighted by atomic mass is 79.9. The number of aliphatic hydroxyl groups excluding tert-OH is 1. The van der Waals surface area contributed by atoms with Crippen molar-refractivity contribution >= 4 is 15.9 Å². The van der Waals surface area contributed by atoms with Gasteiger partial charge in [-0.25, -0.2) is 0 Å². The van der Waals surface area contributed by atoms with E-state index in [4.69, 9.17) is 10.5 Å². The van der Waals surface area contributed by atoms with Crippen LogP contribution in [0, 0.1) is 5.92 Å². The summed E-state index contributed by atoms with van der Waals surface area (Å²) in [6, 6.07) is 5.30. The van der Waals surface area contributed by atoms with Crippen LogP contribution in [0.3, 0.4) is 0 Å². The first kappa shape index (κ1) is 15.5. The summed E-state index contributed by atoms with van der Waals surface area (Å²) in [4.78, 5) is 0. The van der Waals surface area contributed by atoms with Crippen LogP contribution in [-0.2, 0) is 0 Å². The lowest BCUT2D eigenvalue weighted by Gasteiger charge is -2.20. The fraction of sp³-hybridized carbons (Fsp3) is 0.571. The van der Waals surface area contributed by atoms with Crippen LogP contribution in [0.4, 0.5) is 0 Å². The molecule has 0 fully saturated rings. The van der Waals surface area contributed by atoms with Crippen molar-refractivity contribution in [2.24, 2.45) is 11.7 Å². The highest BCUT2D eigenvalue weighted by molar-refractivity contribution is 9.10. The molecule has 0 radical (unpaired) electrons. The van der Waals surface area contributed by atoms with Crippen molar-refractivity contribution in [1.82, 2.24) is 0 Å². The van der Waals surface area contributed by atoms with Crippen molar-refractivity contribution in [3.8, 4) is 5.75 Å². The standard InChI is InChI=1S/C14H22BrNO2/c1-9(2)4-6-12(17)14(16)10-5-7-13(18-3)11(15)8-10/h5,7-9,12,14,17H,4,6,16H2,1-3H3/t12-,14+/m0/s1. The Kier molecular flexibility index (Phi) is 6.12. The SMILES string of the molecule is COc1ccc([C@@H](N)[C@@H](O)CCC(C)C)cc1Br. The Bertz CT molecular complexity index is 382. The summed E-state index contributed by atoms with van der Waals surface area (Å²) >= 11 is 3.42. The Balaban J connectivity index is 2.71. The third kappa shape index (κ3) is 4.26. The van der Waals surface area contributed by atoms with Crippen LogP contribution in [0.25, 0.3) is 0 Å². The molecule has 18 heavy (non-hydrogen) atoms. The van der Waals surface area contributed by atoms with Gasteiger partial charge in [-0.3, -0.25) is 0 Å². The van der Waals surface area contributed by atoms with Crippen LogP contribution in [0.15, 0.2) is 22.7 Å². The molecule has 102 valence electrons. The molecule has 0 amide bonds. The summed E-state index contributed by atoms with van der Waals surface area (Å²) in [5.41, 5.74) is 6.99. The topological polar surface area (TPSA) is 55.5 Å². The molecule has 0 saturated carbocycles. The summed E-state index contributed by atoms with van der Waals surface area (Å²) < 4.78 is 6.02. The van der Waals surface area contributed by atoms with Crippen molar-refractivity contribution < 1.29 is 9.84 Å². The second kappa shape index (κ2) is 7.12. The smallest absolute Gasteiger partial charge is 0.133 e. The van der Waals surface area contributed by atoms with Crippen LogP contribution < -0.4 is 10.5 Å². The predicted molar refractivity (Wildman–Crippen MR) is 77.7 cm³/mol. The fourth-order valence-electron chi connectivity index (χ4n) is 1.80. The van der Waals surface area contributed by atoms with Gasteiger partial charge in [0.05, 0.1) is 23.7 Å². The number of hydrogen-bond donors (Lipinski definition) is 2. The lowest BCUT2D eigenvalue weighted by molar-refractivity contribution is 0.128. The van der Waals surface area contributed by atoms with E-state index in [1.807, 2.05) is 18.2 Å². The Hall–Kier alpha value is -0.580. The quantitative estimate of drug-likeness (QED) is 0.847. The molecule has 0 aliphatic carbocycles. The van der Waals surface area contributed by atoms with E-state index in [-0.39, 0.29) is 6.04 Å². The van der Waals surface area contributed by atoms with E-state index in [0.717, 1.165) is 28.6 Å². The Morgan fingerprint density at radius 2 is 2.00 bits per heavy atom. The largest absolute Gasteiger partial charge is 0.496 e. The summed E-state index contributed by atoms with van der Waals surface area (Å²) in [7, 11) is 1.62. The van der Waals surface area contributed by atoms with Crippen LogP contribution in [0.2, 0.25) is 0 Å². The van der Waals surface area contributed by atoms with Crippen LogP contribution in [0.1, 0.15) is 38.3 Å². The van der Waals surface area contributed by atoms with E-state index in [9.17, 15) is 5.11 Å². The molecule has 2 atom stereocenters. The van der Waals surface area contributed by atoms with Gasteiger partial charge in [-0.05, 0) is 52.4 Å². The first-order valence-corrected chi connectivity index (χ1v) is 7.02. The van der Waals surface area contributed by atoms with E-state index in [1.54, 1.807) is 7.11 Å². The van der Waals surface area contributed by atoms with Gasteiger partial charge < -0.3 is 15.6 Å². The molecule has 1 aromatic rings. The maximum Gasteiger partial charge on any atom is 0.133 e. The first-order valence-electron chi connectivity index (χ1n) is 6.22. The van der Waals surface area contributed by atoms with Crippen molar-refractivity contribution in [2.45, 2.75) is 38.8 Å².